The number of nitrogens with one attached hydrogen (secondary N) is 1. The fourth-order valence-corrected chi connectivity index (χ4v) is 9.42. The molecule has 0 saturated heterocycles. The van der Waals surface area contributed by atoms with Gasteiger partial charge in [-0.15, -0.1) is 0 Å². The molecule has 9 aromatic rings. The summed E-state index contributed by atoms with van der Waals surface area (Å²) in [6.45, 7) is 0. The van der Waals surface area contributed by atoms with Crippen LogP contribution in [-0.2, 0) is 35.8 Å². The molecule has 0 aliphatic heterocycles. The smallest absolute Gasteiger partial charge is 0.324 e. The highest BCUT2D eigenvalue weighted by Crippen LogP contribution is 2.44. The highest BCUT2D eigenvalue weighted by atomic mass is 16.6. The standard InChI is InChI=1S/C62H51NO4/c64-58(66-61(51-34-16-4-17-35-51,52-36-18-5-19-37-52)53-38-20-6-21-39-53)47-46-57(63-60(48-28-10-1-11-29-48,49-30-12-2-13-31-49)50-32-14-3-15-33-50)59(65)67-62(54-40-22-7-23-41-54,55-42-24-8-25-43-55)56-44-26-9-27-45-56/h1-45,57,63H,46-47H2/t57-/m0/s1. The van der Waals surface area contributed by atoms with E-state index in [1.807, 2.05) is 237 Å². The summed E-state index contributed by atoms with van der Waals surface area (Å²) < 4.78 is 14.1. The zero-order valence-corrected chi connectivity index (χ0v) is 37.1. The van der Waals surface area contributed by atoms with Crippen molar-refractivity contribution in [3.8, 4) is 0 Å². The maximum Gasteiger partial charge on any atom is 0.324 e. The molecule has 0 unspecified atom stereocenters. The summed E-state index contributed by atoms with van der Waals surface area (Å²) in [6, 6.07) is 88.4. The van der Waals surface area contributed by atoms with E-state index in [-0.39, 0.29) is 12.8 Å². The Morgan fingerprint density at radius 2 is 0.552 bits per heavy atom. The van der Waals surface area contributed by atoms with Crippen LogP contribution in [0.25, 0.3) is 0 Å². The van der Waals surface area contributed by atoms with Gasteiger partial charge < -0.3 is 9.47 Å². The van der Waals surface area contributed by atoms with Gasteiger partial charge in [-0.3, -0.25) is 14.9 Å². The zero-order chi connectivity index (χ0) is 45.8. The molecular weight excluding hydrogens is 823 g/mol. The first-order chi connectivity index (χ1) is 33.0. The van der Waals surface area contributed by atoms with Crippen LogP contribution in [-0.4, -0.2) is 18.0 Å². The van der Waals surface area contributed by atoms with E-state index >= 15 is 9.59 Å². The van der Waals surface area contributed by atoms with Crippen LogP contribution in [0.1, 0.15) is 62.9 Å². The van der Waals surface area contributed by atoms with Crippen LogP contribution in [0.2, 0.25) is 0 Å². The molecule has 0 aliphatic carbocycles. The van der Waals surface area contributed by atoms with Crippen LogP contribution >= 0.6 is 0 Å². The van der Waals surface area contributed by atoms with E-state index < -0.39 is 34.7 Å². The number of benzene rings is 9. The number of hydrogen-bond donors (Lipinski definition) is 1. The Kier molecular flexibility index (Phi) is 13.4. The van der Waals surface area contributed by atoms with E-state index in [0.717, 1.165) is 50.1 Å². The second-order valence-electron chi connectivity index (χ2n) is 16.5. The topological polar surface area (TPSA) is 64.6 Å². The molecule has 0 fully saturated rings. The van der Waals surface area contributed by atoms with Gasteiger partial charge in [0.2, 0.25) is 0 Å². The maximum atomic E-state index is 16.0. The highest BCUT2D eigenvalue weighted by Gasteiger charge is 2.46. The first kappa shape index (κ1) is 44.1. The Hall–Kier alpha value is -8.12. The average Bonchev–Trinajstić information content (AvgIpc) is 3.42. The zero-order valence-electron chi connectivity index (χ0n) is 37.1. The predicted molar refractivity (Wildman–Crippen MR) is 266 cm³/mol. The molecule has 0 bridgehead atoms. The summed E-state index contributed by atoms with van der Waals surface area (Å²) in [5, 5.41) is 3.92. The molecule has 9 aromatic carbocycles. The molecule has 0 heterocycles. The molecule has 0 aliphatic rings. The number of carbonyl (C=O) groups is 2. The van der Waals surface area contributed by atoms with E-state index in [0.29, 0.717) is 0 Å². The Morgan fingerprint density at radius 1 is 0.328 bits per heavy atom. The first-order valence-electron chi connectivity index (χ1n) is 22.8. The second-order valence-corrected chi connectivity index (χ2v) is 16.5. The molecule has 0 radical (unpaired) electrons. The molecule has 1 atom stereocenters. The van der Waals surface area contributed by atoms with Crippen molar-refractivity contribution in [2.24, 2.45) is 0 Å². The number of rotatable bonds is 17. The number of carbonyl (C=O) groups excluding carboxylic acids is 2. The Bertz CT molecular complexity index is 2650. The summed E-state index contributed by atoms with van der Waals surface area (Å²) in [4.78, 5) is 31.0. The van der Waals surface area contributed by atoms with Gasteiger partial charge in [0, 0.05) is 39.8 Å². The minimum Gasteiger partial charge on any atom is -0.444 e. The second kappa shape index (κ2) is 20.4. The Morgan fingerprint density at radius 3 is 0.806 bits per heavy atom. The number of ether oxygens (including phenoxy) is 2. The van der Waals surface area contributed by atoms with E-state index in [9.17, 15) is 0 Å². The molecular formula is C62H51NO4. The van der Waals surface area contributed by atoms with Crippen molar-refractivity contribution in [1.82, 2.24) is 5.32 Å². The molecule has 1 N–H and O–H groups in total. The van der Waals surface area contributed by atoms with Gasteiger partial charge in [-0.1, -0.05) is 273 Å². The largest absolute Gasteiger partial charge is 0.444 e. The first-order valence-corrected chi connectivity index (χ1v) is 22.8. The normalized spacial score (nSPS) is 12.1. The van der Waals surface area contributed by atoms with Crippen molar-refractivity contribution in [3.05, 3.63) is 323 Å². The van der Waals surface area contributed by atoms with Crippen LogP contribution in [0.4, 0.5) is 0 Å². The van der Waals surface area contributed by atoms with Crippen LogP contribution in [0.3, 0.4) is 0 Å². The van der Waals surface area contributed by atoms with Gasteiger partial charge in [0.25, 0.3) is 0 Å². The number of esters is 2. The lowest BCUT2D eigenvalue weighted by Crippen LogP contribution is -2.54. The Balaban J connectivity index is 1.20. The van der Waals surface area contributed by atoms with Crippen molar-refractivity contribution in [1.29, 1.82) is 0 Å². The summed E-state index contributed by atoms with van der Waals surface area (Å²) >= 11 is 0. The van der Waals surface area contributed by atoms with Gasteiger partial charge in [0.05, 0.1) is 5.54 Å². The summed E-state index contributed by atoms with van der Waals surface area (Å²) in [7, 11) is 0. The quantitative estimate of drug-likeness (QED) is 0.0729. The van der Waals surface area contributed by atoms with E-state index in [1.165, 1.54) is 0 Å². The molecule has 5 nitrogen and oxygen atoms in total. The van der Waals surface area contributed by atoms with Crippen LogP contribution in [0.5, 0.6) is 0 Å². The highest BCUT2D eigenvalue weighted by molar-refractivity contribution is 5.80. The van der Waals surface area contributed by atoms with Crippen molar-refractivity contribution in [2.75, 3.05) is 0 Å². The maximum absolute atomic E-state index is 16.0. The van der Waals surface area contributed by atoms with Crippen LogP contribution in [0.15, 0.2) is 273 Å². The molecule has 0 saturated carbocycles. The number of hydrogen-bond acceptors (Lipinski definition) is 5. The lowest BCUT2D eigenvalue weighted by molar-refractivity contribution is -0.158. The molecule has 328 valence electrons. The van der Waals surface area contributed by atoms with Crippen molar-refractivity contribution in [3.63, 3.8) is 0 Å². The van der Waals surface area contributed by atoms with Gasteiger partial charge in [-0.25, -0.2) is 0 Å². The average molecular weight is 874 g/mol. The SMILES string of the molecule is O=C(CC[C@H](NC(c1ccccc1)(c1ccccc1)c1ccccc1)C(=O)OC(c1ccccc1)(c1ccccc1)c1ccccc1)OC(c1ccccc1)(c1ccccc1)c1ccccc1. The third-order valence-electron chi connectivity index (χ3n) is 12.5. The summed E-state index contributed by atoms with van der Waals surface area (Å²) in [6.07, 6.45) is -0.112. The minimum atomic E-state index is -1.38. The van der Waals surface area contributed by atoms with Crippen molar-refractivity contribution < 1.29 is 19.1 Å². The van der Waals surface area contributed by atoms with E-state index in [4.69, 9.17) is 9.47 Å². The molecule has 9 rings (SSSR count). The summed E-state index contributed by atoms with van der Waals surface area (Å²) in [5.41, 5.74) is 3.67. The van der Waals surface area contributed by atoms with Crippen LogP contribution < -0.4 is 5.32 Å². The van der Waals surface area contributed by atoms with Crippen molar-refractivity contribution in [2.45, 2.75) is 35.6 Å². The minimum absolute atomic E-state index is 0.0226. The fourth-order valence-electron chi connectivity index (χ4n) is 9.42. The van der Waals surface area contributed by atoms with Crippen LogP contribution in [0, 0.1) is 0 Å². The van der Waals surface area contributed by atoms with Gasteiger partial charge in [-0.2, -0.15) is 0 Å². The Labute approximate surface area is 393 Å². The van der Waals surface area contributed by atoms with Gasteiger partial charge in [0.1, 0.15) is 6.04 Å². The van der Waals surface area contributed by atoms with Gasteiger partial charge in [-0.05, 0) is 23.1 Å². The summed E-state index contributed by atoms with van der Waals surface area (Å²) in [5.74, 6) is -1.03. The fraction of sp³-hybridized carbons (Fsp3) is 0.0968. The molecule has 67 heavy (non-hydrogen) atoms. The molecule has 0 amide bonds. The van der Waals surface area contributed by atoms with Gasteiger partial charge in [0.15, 0.2) is 11.2 Å². The third-order valence-corrected chi connectivity index (χ3v) is 12.5. The molecule has 0 aromatic heterocycles. The molecule has 0 spiro atoms. The third kappa shape index (κ3) is 8.98. The van der Waals surface area contributed by atoms with Crippen molar-refractivity contribution >= 4 is 11.9 Å². The lowest BCUT2D eigenvalue weighted by atomic mass is 9.76. The van der Waals surface area contributed by atoms with Gasteiger partial charge >= 0.3 is 11.9 Å². The molecule has 5 heteroatoms. The predicted octanol–water partition coefficient (Wildman–Crippen LogP) is 12.8. The monoisotopic (exact) mass is 873 g/mol. The van der Waals surface area contributed by atoms with E-state index in [1.54, 1.807) is 0 Å². The van der Waals surface area contributed by atoms with E-state index in [2.05, 4.69) is 41.7 Å². The lowest BCUT2D eigenvalue weighted by Gasteiger charge is -2.41.